The summed E-state index contributed by atoms with van der Waals surface area (Å²) in [5.74, 6) is 0. The molecule has 0 aliphatic rings. The van der Waals surface area contributed by atoms with E-state index < -0.39 is 0 Å². The Morgan fingerprint density at radius 2 is 2.18 bits per heavy atom. The lowest BCUT2D eigenvalue weighted by atomic mass is 10.3. The van der Waals surface area contributed by atoms with Gasteiger partial charge in [-0.3, -0.25) is 0 Å². The van der Waals surface area contributed by atoms with E-state index in [9.17, 15) is 0 Å². The highest BCUT2D eigenvalue weighted by molar-refractivity contribution is 4.94. The topological polar surface area (TPSA) is 24.1 Å². The van der Waals surface area contributed by atoms with Gasteiger partial charge in [-0.15, -0.1) is 0 Å². The molecule has 0 aromatic heterocycles. The molecule has 0 aromatic rings. The van der Waals surface area contributed by atoms with Crippen molar-refractivity contribution in [1.82, 2.24) is 10.6 Å². The molecule has 66 valence electrons. The van der Waals surface area contributed by atoms with Crippen LogP contribution in [-0.4, -0.2) is 19.1 Å². The van der Waals surface area contributed by atoms with Crippen LogP contribution < -0.4 is 10.6 Å². The Morgan fingerprint density at radius 1 is 1.55 bits per heavy atom. The summed E-state index contributed by atoms with van der Waals surface area (Å²) in [5, 5.41) is 6.65. The highest BCUT2D eigenvalue weighted by Gasteiger charge is 1.97. The van der Waals surface area contributed by atoms with Crippen molar-refractivity contribution in [2.45, 2.75) is 33.7 Å². The Labute approximate surface area is 70.1 Å². The van der Waals surface area contributed by atoms with Crippen LogP contribution in [-0.2, 0) is 0 Å². The van der Waals surface area contributed by atoms with Crippen molar-refractivity contribution >= 4 is 0 Å². The van der Waals surface area contributed by atoms with Crippen molar-refractivity contribution in [3.63, 3.8) is 0 Å². The van der Waals surface area contributed by atoms with Crippen LogP contribution in [0.5, 0.6) is 0 Å². The van der Waals surface area contributed by atoms with Gasteiger partial charge in [0.1, 0.15) is 0 Å². The molecule has 0 saturated heterocycles. The van der Waals surface area contributed by atoms with Gasteiger partial charge in [-0.05, 0) is 27.3 Å². The SMILES string of the molecule is C/C=C(\C)NC(C)CNCC. The first kappa shape index (κ1) is 10.5. The third-order valence-corrected chi connectivity index (χ3v) is 1.61. The van der Waals surface area contributed by atoms with Crippen LogP contribution in [0.15, 0.2) is 11.8 Å². The van der Waals surface area contributed by atoms with E-state index in [2.05, 4.69) is 37.5 Å². The molecule has 2 heteroatoms. The average molecular weight is 156 g/mol. The van der Waals surface area contributed by atoms with Crippen molar-refractivity contribution in [2.75, 3.05) is 13.1 Å². The van der Waals surface area contributed by atoms with Crippen LogP contribution in [0, 0.1) is 0 Å². The van der Waals surface area contributed by atoms with Crippen molar-refractivity contribution < 1.29 is 0 Å². The first-order valence-corrected chi connectivity index (χ1v) is 4.30. The Hall–Kier alpha value is -0.500. The van der Waals surface area contributed by atoms with Gasteiger partial charge in [0.05, 0.1) is 0 Å². The second-order valence-electron chi connectivity index (χ2n) is 2.82. The second-order valence-corrected chi connectivity index (χ2v) is 2.82. The van der Waals surface area contributed by atoms with Gasteiger partial charge in [0, 0.05) is 18.3 Å². The van der Waals surface area contributed by atoms with Crippen LogP contribution in [0.2, 0.25) is 0 Å². The molecule has 0 fully saturated rings. The maximum absolute atomic E-state index is 3.36. The van der Waals surface area contributed by atoms with E-state index in [1.54, 1.807) is 0 Å². The zero-order valence-corrected chi connectivity index (χ0v) is 8.07. The molecular formula is C9H20N2. The van der Waals surface area contributed by atoms with Crippen LogP contribution in [0.4, 0.5) is 0 Å². The molecule has 11 heavy (non-hydrogen) atoms. The van der Waals surface area contributed by atoms with E-state index >= 15 is 0 Å². The Morgan fingerprint density at radius 3 is 2.64 bits per heavy atom. The van der Waals surface area contributed by atoms with Crippen molar-refractivity contribution in [1.29, 1.82) is 0 Å². The fraction of sp³-hybridized carbons (Fsp3) is 0.778. The summed E-state index contributed by atoms with van der Waals surface area (Å²) in [5.41, 5.74) is 1.25. The summed E-state index contributed by atoms with van der Waals surface area (Å²) in [6.07, 6.45) is 2.09. The minimum Gasteiger partial charge on any atom is -0.385 e. The molecule has 1 atom stereocenters. The molecule has 0 saturated carbocycles. The molecule has 0 radical (unpaired) electrons. The van der Waals surface area contributed by atoms with E-state index in [-0.39, 0.29) is 0 Å². The van der Waals surface area contributed by atoms with Gasteiger partial charge >= 0.3 is 0 Å². The summed E-state index contributed by atoms with van der Waals surface area (Å²) in [6.45, 7) is 10.5. The summed E-state index contributed by atoms with van der Waals surface area (Å²) < 4.78 is 0. The monoisotopic (exact) mass is 156 g/mol. The van der Waals surface area contributed by atoms with Crippen molar-refractivity contribution in [2.24, 2.45) is 0 Å². The number of allylic oxidation sites excluding steroid dienone is 2. The van der Waals surface area contributed by atoms with Crippen LogP contribution >= 0.6 is 0 Å². The summed E-state index contributed by atoms with van der Waals surface area (Å²) >= 11 is 0. The van der Waals surface area contributed by atoms with Gasteiger partial charge in [-0.2, -0.15) is 0 Å². The highest BCUT2D eigenvalue weighted by atomic mass is 15.0. The zero-order chi connectivity index (χ0) is 8.69. The molecular weight excluding hydrogens is 136 g/mol. The number of likely N-dealkylation sites (N-methyl/N-ethyl adjacent to an activating group) is 1. The first-order valence-electron chi connectivity index (χ1n) is 4.30. The summed E-state index contributed by atoms with van der Waals surface area (Å²) in [4.78, 5) is 0. The van der Waals surface area contributed by atoms with Gasteiger partial charge in [0.2, 0.25) is 0 Å². The minimum atomic E-state index is 0.520. The van der Waals surface area contributed by atoms with Crippen LogP contribution in [0.25, 0.3) is 0 Å². The standard InChI is InChI=1S/C9H20N2/c1-5-8(3)11-9(4)7-10-6-2/h5,9-11H,6-7H2,1-4H3/b8-5+. The molecule has 0 bridgehead atoms. The highest BCUT2D eigenvalue weighted by Crippen LogP contribution is 1.88. The number of nitrogens with one attached hydrogen (secondary N) is 2. The Balaban J connectivity index is 3.43. The van der Waals surface area contributed by atoms with E-state index in [4.69, 9.17) is 0 Å². The quantitative estimate of drug-likeness (QED) is 0.630. The summed E-state index contributed by atoms with van der Waals surface area (Å²) in [7, 11) is 0. The predicted molar refractivity (Wildman–Crippen MR) is 50.6 cm³/mol. The molecule has 0 rings (SSSR count). The lowest BCUT2D eigenvalue weighted by Crippen LogP contribution is -2.35. The molecule has 1 unspecified atom stereocenters. The number of hydrogen-bond donors (Lipinski definition) is 2. The first-order chi connectivity index (χ1) is 5.20. The Kier molecular flexibility index (Phi) is 5.94. The maximum Gasteiger partial charge on any atom is 0.0354 e. The van der Waals surface area contributed by atoms with Gasteiger partial charge in [0.25, 0.3) is 0 Å². The number of hydrogen-bond acceptors (Lipinski definition) is 2. The summed E-state index contributed by atoms with van der Waals surface area (Å²) in [6, 6.07) is 0.520. The van der Waals surface area contributed by atoms with Gasteiger partial charge < -0.3 is 10.6 Å². The van der Waals surface area contributed by atoms with Gasteiger partial charge in [0.15, 0.2) is 0 Å². The second kappa shape index (κ2) is 6.23. The predicted octanol–water partition coefficient (Wildman–Crippen LogP) is 1.50. The molecule has 2 nitrogen and oxygen atoms in total. The van der Waals surface area contributed by atoms with E-state index in [1.807, 2.05) is 6.92 Å². The zero-order valence-electron chi connectivity index (χ0n) is 8.07. The molecule has 0 heterocycles. The van der Waals surface area contributed by atoms with E-state index in [0.717, 1.165) is 13.1 Å². The van der Waals surface area contributed by atoms with Crippen LogP contribution in [0.1, 0.15) is 27.7 Å². The lowest BCUT2D eigenvalue weighted by Gasteiger charge is -2.15. The molecule has 0 spiro atoms. The molecule has 0 aliphatic heterocycles. The normalized spacial score (nSPS) is 14.7. The average Bonchev–Trinajstić information content (AvgIpc) is 2.00. The molecule has 0 amide bonds. The fourth-order valence-electron chi connectivity index (χ4n) is 0.884. The fourth-order valence-corrected chi connectivity index (χ4v) is 0.884. The smallest absolute Gasteiger partial charge is 0.0354 e. The third kappa shape index (κ3) is 5.92. The molecule has 2 N–H and O–H groups in total. The maximum atomic E-state index is 3.36. The van der Waals surface area contributed by atoms with Crippen molar-refractivity contribution in [3.8, 4) is 0 Å². The van der Waals surface area contributed by atoms with Gasteiger partial charge in [-0.1, -0.05) is 13.0 Å². The largest absolute Gasteiger partial charge is 0.385 e. The number of rotatable bonds is 5. The minimum absolute atomic E-state index is 0.520. The van der Waals surface area contributed by atoms with Crippen LogP contribution in [0.3, 0.4) is 0 Å². The van der Waals surface area contributed by atoms with E-state index in [1.165, 1.54) is 5.70 Å². The van der Waals surface area contributed by atoms with E-state index in [0.29, 0.717) is 6.04 Å². The third-order valence-electron chi connectivity index (χ3n) is 1.61. The molecule has 0 aliphatic carbocycles. The lowest BCUT2D eigenvalue weighted by molar-refractivity contribution is 0.554. The Bertz CT molecular complexity index is 119. The van der Waals surface area contributed by atoms with Crippen molar-refractivity contribution in [3.05, 3.63) is 11.8 Å². The molecule has 0 aromatic carbocycles. The van der Waals surface area contributed by atoms with Gasteiger partial charge in [-0.25, -0.2) is 0 Å².